The lowest BCUT2D eigenvalue weighted by molar-refractivity contribution is 0.0192. The number of nitrogens with zero attached hydrogens (tertiary/aromatic N) is 3. The number of nitrogen functional groups attached to an aromatic ring is 1. The fourth-order valence-corrected chi connectivity index (χ4v) is 2.76. The third-order valence-corrected chi connectivity index (χ3v) is 4.44. The molecule has 2 aromatic rings. The Morgan fingerprint density at radius 2 is 1.96 bits per heavy atom. The quantitative estimate of drug-likeness (QED) is 0.921. The maximum Gasteiger partial charge on any atom is 0.267 e. The summed E-state index contributed by atoms with van der Waals surface area (Å²) in [4.78, 5) is 22.6. The van der Waals surface area contributed by atoms with E-state index in [0.717, 1.165) is 11.3 Å². The summed E-state index contributed by atoms with van der Waals surface area (Å²) >= 11 is 0. The smallest absolute Gasteiger partial charge is 0.267 e. The molecule has 1 aromatic carbocycles. The summed E-state index contributed by atoms with van der Waals surface area (Å²) in [5, 5.41) is 0. The Labute approximate surface area is 146 Å². The molecule has 0 spiro atoms. The number of ether oxygens (including phenoxy) is 2. The van der Waals surface area contributed by atoms with Crippen LogP contribution in [0, 0.1) is 0 Å². The van der Waals surface area contributed by atoms with E-state index in [2.05, 4.69) is 9.97 Å². The molecule has 1 atom stereocenters. The Morgan fingerprint density at radius 1 is 1.28 bits per heavy atom. The van der Waals surface area contributed by atoms with Gasteiger partial charge in [0.25, 0.3) is 5.91 Å². The topological polar surface area (TPSA) is 90.6 Å². The second kappa shape index (κ2) is 6.33. The van der Waals surface area contributed by atoms with Gasteiger partial charge in [0.05, 0.1) is 12.1 Å². The van der Waals surface area contributed by atoms with E-state index in [1.54, 1.807) is 12.0 Å². The number of hydrogen-bond donors (Lipinski definition) is 1. The molecule has 132 valence electrons. The van der Waals surface area contributed by atoms with Crippen LogP contribution in [0.2, 0.25) is 0 Å². The van der Waals surface area contributed by atoms with Crippen LogP contribution in [-0.4, -0.2) is 35.6 Å². The summed E-state index contributed by atoms with van der Waals surface area (Å²) in [5.74, 6) is 0.0760. The van der Waals surface area contributed by atoms with Crippen molar-refractivity contribution in [2.75, 3.05) is 24.3 Å². The Hall–Kier alpha value is -2.67. The lowest BCUT2D eigenvalue weighted by atomic mass is 9.97. The van der Waals surface area contributed by atoms with Crippen LogP contribution < -0.4 is 15.4 Å². The van der Waals surface area contributed by atoms with E-state index in [1.165, 1.54) is 6.33 Å². The lowest BCUT2D eigenvalue weighted by Gasteiger charge is -2.26. The Bertz CT molecular complexity index is 789. The summed E-state index contributed by atoms with van der Waals surface area (Å²) in [6.45, 7) is 6.25. The van der Waals surface area contributed by atoms with Crippen LogP contribution in [0.15, 0.2) is 30.6 Å². The minimum absolute atomic E-state index is 0.117. The molecule has 7 nitrogen and oxygen atoms in total. The van der Waals surface area contributed by atoms with Gasteiger partial charge < -0.3 is 20.1 Å². The molecule has 0 fully saturated rings. The molecule has 7 heteroatoms. The second-order valence-corrected chi connectivity index (χ2v) is 6.54. The number of rotatable bonds is 3. The minimum Gasteiger partial charge on any atom is -0.472 e. The van der Waals surface area contributed by atoms with Gasteiger partial charge in [-0.25, -0.2) is 9.97 Å². The average molecular weight is 342 g/mol. The molecule has 1 aromatic heterocycles. The standard InChI is InChI=1S/C18H22N4O3/c1-11-9-22(13-7-5-12(6-8-13)18(2,3)24-4)17(23)14-15(19)20-10-21-16(14)25-11/h5-8,10-11H,9H2,1-4H3,(H2,19,20,21). The maximum absolute atomic E-state index is 13.0. The van der Waals surface area contributed by atoms with E-state index in [-0.39, 0.29) is 29.3 Å². The fourth-order valence-electron chi connectivity index (χ4n) is 2.76. The lowest BCUT2D eigenvalue weighted by Crippen LogP contribution is -2.36. The van der Waals surface area contributed by atoms with Crippen molar-refractivity contribution in [1.29, 1.82) is 0 Å². The van der Waals surface area contributed by atoms with Crippen molar-refractivity contribution in [2.24, 2.45) is 0 Å². The first-order valence-corrected chi connectivity index (χ1v) is 8.08. The van der Waals surface area contributed by atoms with Gasteiger partial charge in [0.15, 0.2) is 0 Å². The fraction of sp³-hybridized carbons (Fsp3) is 0.389. The van der Waals surface area contributed by atoms with Gasteiger partial charge in [0.2, 0.25) is 5.88 Å². The van der Waals surface area contributed by atoms with Gasteiger partial charge in [-0.1, -0.05) is 12.1 Å². The van der Waals surface area contributed by atoms with E-state index < -0.39 is 5.60 Å². The normalized spacial score (nSPS) is 17.7. The Morgan fingerprint density at radius 3 is 2.60 bits per heavy atom. The number of carbonyl (C=O) groups excluding carboxylic acids is 1. The molecule has 2 N–H and O–H groups in total. The summed E-state index contributed by atoms with van der Waals surface area (Å²) in [5.41, 5.74) is 7.47. The zero-order valence-corrected chi connectivity index (χ0v) is 14.8. The van der Waals surface area contributed by atoms with E-state index in [4.69, 9.17) is 15.2 Å². The van der Waals surface area contributed by atoms with Crippen molar-refractivity contribution in [3.8, 4) is 5.88 Å². The van der Waals surface area contributed by atoms with E-state index in [0.29, 0.717) is 6.54 Å². The minimum atomic E-state index is -0.400. The molecule has 0 aliphatic carbocycles. The molecule has 0 saturated carbocycles. The molecule has 2 heterocycles. The number of carbonyl (C=O) groups is 1. The van der Waals surface area contributed by atoms with E-state index in [9.17, 15) is 4.79 Å². The third-order valence-electron chi connectivity index (χ3n) is 4.44. The highest BCUT2D eigenvalue weighted by atomic mass is 16.5. The zero-order valence-electron chi connectivity index (χ0n) is 14.8. The van der Waals surface area contributed by atoms with Gasteiger partial charge in [-0.15, -0.1) is 0 Å². The first-order chi connectivity index (χ1) is 11.8. The van der Waals surface area contributed by atoms with Crippen molar-refractivity contribution in [3.05, 3.63) is 41.7 Å². The maximum atomic E-state index is 13.0. The highest BCUT2D eigenvalue weighted by Gasteiger charge is 2.31. The summed E-state index contributed by atoms with van der Waals surface area (Å²) in [6.07, 6.45) is 1.07. The second-order valence-electron chi connectivity index (χ2n) is 6.54. The first-order valence-electron chi connectivity index (χ1n) is 8.08. The number of fused-ring (bicyclic) bond motifs is 1. The number of benzene rings is 1. The molecule has 25 heavy (non-hydrogen) atoms. The van der Waals surface area contributed by atoms with Crippen molar-refractivity contribution < 1.29 is 14.3 Å². The molecule has 1 aliphatic heterocycles. The number of anilines is 2. The van der Waals surface area contributed by atoms with Gasteiger partial charge in [-0.3, -0.25) is 4.79 Å². The van der Waals surface area contributed by atoms with Gasteiger partial charge in [-0.2, -0.15) is 0 Å². The van der Waals surface area contributed by atoms with Crippen LogP contribution in [0.1, 0.15) is 36.7 Å². The first kappa shape index (κ1) is 17.2. The largest absolute Gasteiger partial charge is 0.472 e. The number of nitrogens with two attached hydrogens (primary N) is 1. The van der Waals surface area contributed by atoms with Crippen LogP contribution in [0.4, 0.5) is 11.5 Å². The zero-order chi connectivity index (χ0) is 18.2. The van der Waals surface area contributed by atoms with Crippen molar-refractivity contribution >= 4 is 17.4 Å². The van der Waals surface area contributed by atoms with E-state index in [1.807, 2.05) is 45.0 Å². The Kier molecular flexibility index (Phi) is 4.34. The van der Waals surface area contributed by atoms with Crippen molar-refractivity contribution in [3.63, 3.8) is 0 Å². The highest BCUT2D eigenvalue weighted by Crippen LogP contribution is 2.31. The summed E-state index contributed by atoms with van der Waals surface area (Å²) in [6, 6.07) is 7.69. The van der Waals surface area contributed by atoms with Crippen molar-refractivity contribution in [1.82, 2.24) is 9.97 Å². The van der Waals surface area contributed by atoms with Crippen LogP contribution >= 0.6 is 0 Å². The SMILES string of the molecule is COC(C)(C)c1ccc(N2CC(C)Oc3ncnc(N)c3C2=O)cc1. The number of methoxy groups -OCH3 is 1. The van der Waals surface area contributed by atoms with Crippen LogP contribution in [0.5, 0.6) is 5.88 Å². The molecule has 0 radical (unpaired) electrons. The molecule has 1 unspecified atom stereocenters. The molecular weight excluding hydrogens is 320 g/mol. The molecular formula is C18H22N4O3. The monoisotopic (exact) mass is 342 g/mol. The highest BCUT2D eigenvalue weighted by molar-refractivity contribution is 6.10. The predicted octanol–water partition coefficient (Wildman–Crippen LogP) is 2.37. The van der Waals surface area contributed by atoms with Crippen LogP contribution in [0.25, 0.3) is 0 Å². The number of hydrogen-bond acceptors (Lipinski definition) is 6. The third kappa shape index (κ3) is 3.15. The molecule has 1 amide bonds. The predicted molar refractivity (Wildman–Crippen MR) is 94.7 cm³/mol. The molecule has 1 aliphatic rings. The van der Waals surface area contributed by atoms with Gasteiger partial charge in [0.1, 0.15) is 23.8 Å². The van der Waals surface area contributed by atoms with Crippen LogP contribution in [-0.2, 0) is 10.3 Å². The summed E-state index contributed by atoms with van der Waals surface area (Å²) < 4.78 is 11.2. The molecule has 3 rings (SSSR count). The molecule has 0 bridgehead atoms. The van der Waals surface area contributed by atoms with Gasteiger partial charge in [-0.05, 0) is 38.5 Å². The van der Waals surface area contributed by atoms with Gasteiger partial charge in [0, 0.05) is 12.8 Å². The van der Waals surface area contributed by atoms with Crippen molar-refractivity contribution in [2.45, 2.75) is 32.5 Å². The summed E-state index contributed by atoms with van der Waals surface area (Å²) in [7, 11) is 1.67. The molecule has 0 saturated heterocycles. The Balaban J connectivity index is 1.99. The average Bonchev–Trinajstić information content (AvgIpc) is 2.72. The van der Waals surface area contributed by atoms with E-state index >= 15 is 0 Å². The number of aromatic nitrogens is 2. The van der Waals surface area contributed by atoms with Crippen LogP contribution in [0.3, 0.4) is 0 Å². The van der Waals surface area contributed by atoms with Gasteiger partial charge >= 0.3 is 0 Å². The number of amides is 1.